The van der Waals surface area contributed by atoms with Gasteiger partial charge in [0.25, 0.3) is 5.56 Å². The Morgan fingerprint density at radius 1 is 1.29 bits per heavy atom. The second-order valence-corrected chi connectivity index (χ2v) is 6.47. The average Bonchev–Trinajstić information content (AvgIpc) is 3.16. The van der Waals surface area contributed by atoms with Gasteiger partial charge in [0.05, 0.1) is 12.7 Å². The Balaban J connectivity index is 1.55. The predicted octanol–water partition coefficient (Wildman–Crippen LogP) is 1.86. The first-order chi connectivity index (χ1) is 11.7. The second-order valence-electron chi connectivity index (χ2n) is 6.47. The zero-order chi connectivity index (χ0) is 16.5. The number of benzene rings is 1. The van der Waals surface area contributed by atoms with Crippen LogP contribution in [0.1, 0.15) is 24.2 Å². The van der Waals surface area contributed by atoms with E-state index in [0.717, 1.165) is 18.8 Å². The van der Waals surface area contributed by atoms with E-state index >= 15 is 0 Å². The zero-order valence-electron chi connectivity index (χ0n) is 13.8. The smallest absolute Gasteiger partial charge is 0.262 e. The van der Waals surface area contributed by atoms with Gasteiger partial charge < -0.3 is 4.98 Å². The van der Waals surface area contributed by atoms with E-state index in [2.05, 4.69) is 44.2 Å². The molecule has 6 nitrogen and oxygen atoms in total. The van der Waals surface area contributed by atoms with Gasteiger partial charge >= 0.3 is 0 Å². The molecule has 3 aromatic rings. The fourth-order valence-corrected chi connectivity index (χ4v) is 3.57. The first-order valence-corrected chi connectivity index (χ1v) is 8.39. The van der Waals surface area contributed by atoms with Crippen molar-refractivity contribution < 1.29 is 0 Å². The molecule has 1 aliphatic heterocycles. The topological polar surface area (TPSA) is 66.8 Å². The summed E-state index contributed by atoms with van der Waals surface area (Å²) in [7, 11) is 1.81. The lowest BCUT2D eigenvalue weighted by Crippen LogP contribution is -2.32. The monoisotopic (exact) mass is 323 g/mol. The zero-order valence-corrected chi connectivity index (χ0v) is 13.8. The van der Waals surface area contributed by atoms with Gasteiger partial charge in [-0.05, 0) is 31.4 Å². The first-order valence-electron chi connectivity index (χ1n) is 8.39. The Labute approximate surface area is 140 Å². The van der Waals surface area contributed by atoms with Crippen molar-refractivity contribution in [3.05, 3.63) is 58.3 Å². The molecule has 0 bridgehead atoms. The quantitative estimate of drug-likeness (QED) is 0.796. The fraction of sp³-hybridized carbons (Fsp3) is 0.389. The highest BCUT2D eigenvalue weighted by atomic mass is 16.1. The molecule has 6 heteroatoms. The van der Waals surface area contributed by atoms with Crippen molar-refractivity contribution in [1.82, 2.24) is 24.6 Å². The number of likely N-dealkylation sites (tertiary alicyclic amines) is 1. The molecule has 1 aliphatic rings. The standard InChI is InChI=1S/C18H21N5O/c1-22-17-15(11-19-22)18(24)21-16(20-17)12-23-9-5-8-14(23)10-13-6-3-2-4-7-13/h2-4,6-7,11,14H,5,8-10,12H2,1H3,(H,20,21,24)/t14-/m0/s1. The van der Waals surface area contributed by atoms with Gasteiger partial charge in [-0.25, -0.2) is 4.98 Å². The van der Waals surface area contributed by atoms with Crippen molar-refractivity contribution in [2.75, 3.05) is 6.54 Å². The Bertz CT molecular complexity index is 899. The van der Waals surface area contributed by atoms with Crippen LogP contribution in [0, 0.1) is 0 Å². The molecule has 24 heavy (non-hydrogen) atoms. The molecule has 1 fully saturated rings. The molecule has 1 N–H and O–H groups in total. The minimum Gasteiger partial charge on any atom is -0.309 e. The van der Waals surface area contributed by atoms with E-state index in [0.29, 0.717) is 23.6 Å². The summed E-state index contributed by atoms with van der Waals surface area (Å²) in [5.41, 5.74) is 1.90. The molecular weight excluding hydrogens is 302 g/mol. The van der Waals surface area contributed by atoms with E-state index in [9.17, 15) is 4.79 Å². The molecule has 0 spiro atoms. The molecule has 0 saturated carbocycles. The van der Waals surface area contributed by atoms with Crippen LogP contribution in [-0.2, 0) is 20.0 Å². The van der Waals surface area contributed by atoms with E-state index in [-0.39, 0.29) is 5.56 Å². The molecule has 1 saturated heterocycles. The lowest BCUT2D eigenvalue weighted by Gasteiger charge is -2.24. The molecule has 0 radical (unpaired) electrons. The van der Waals surface area contributed by atoms with Gasteiger partial charge in [0.1, 0.15) is 11.2 Å². The number of nitrogens with one attached hydrogen (secondary N) is 1. The van der Waals surface area contributed by atoms with Crippen LogP contribution in [0.2, 0.25) is 0 Å². The highest BCUT2D eigenvalue weighted by Gasteiger charge is 2.25. The average molecular weight is 323 g/mol. The van der Waals surface area contributed by atoms with Crippen LogP contribution in [0.15, 0.2) is 41.3 Å². The van der Waals surface area contributed by atoms with Crippen LogP contribution in [0.4, 0.5) is 0 Å². The van der Waals surface area contributed by atoms with E-state index < -0.39 is 0 Å². The maximum atomic E-state index is 12.2. The summed E-state index contributed by atoms with van der Waals surface area (Å²) in [6.07, 6.45) is 4.99. The Hall–Kier alpha value is -2.47. The minimum absolute atomic E-state index is 0.109. The van der Waals surface area contributed by atoms with Gasteiger partial charge in [0.2, 0.25) is 0 Å². The Morgan fingerprint density at radius 2 is 2.12 bits per heavy atom. The van der Waals surface area contributed by atoms with Crippen molar-refractivity contribution in [3.8, 4) is 0 Å². The normalized spacial score (nSPS) is 18.5. The van der Waals surface area contributed by atoms with E-state index in [1.807, 2.05) is 13.1 Å². The van der Waals surface area contributed by atoms with Gasteiger partial charge in [-0.15, -0.1) is 0 Å². The summed E-state index contributed by atoms with van der Waals surface area (Å²) in [5, 5.41) is 4.67. The van der Waals surface area contributed by atoms with Gasteiger partial charge in [-0.1, -0.05) is 30.3 Å². The molecule has 4 rings (SSSR count). The van der Waals surface area contributed by atoms with Gasteiger partial charge in [-0.2, -0.15) is 5.10 Å². The third-order valence-electron chi connectivity index (χ3n) is 4.82. The number of fused-ring (bicyclic) bond motifs is 1. The van der Waals surface area contributed by atoms with Crippen LogP contribution >= 0.6 is 0 Å². The number of aryl methyl sites for hydroxylation is 1. The number of aromatic nitrogens is 4. The maximum Gasteiger partial charge on any atom is 0.262 e. The summed E-state index contributed by atoms with van der Waals surface area (Å²) < 4.78 is 1.65. The number of hydrogen-bond donors (Lipinski definition) is 1. The van der Waals surface area contributed by atoms with E-state index in [1.165, 1.54) is 18.4 Å². The number of hydrogen-bond acceptors (Lipinski definition) is 4. The van der Waals surface area contributed by atoms with Crippen LogP contribution in [0.3, 0.4) is 0 Å². The lowest BCUT2D eigenvalue weighted by molar-refractivity contribution is 0.238. The van der Waals surface area contributed by atoms with Gasteiger partial charge in [-0.3, -0.25) is 14.4 Å². The second kappa shape index (κ2) is 6.20. The molecule has 0 unspecified atom stereocenters. The molecule has 0 aliphatic carbocycles. The van der Waals surface area contributed by atoms with E-state index in [4.69, 9.17) is 0 Å². The molecule has 3 heterocycles. The first kappa shape index (κ1) is 15.1. The Kier molecular flexibility index (Phi) is 3.90. The van der Waals surface area contributed by atoms with E-state index in [1.54, 1.807) is 10.9 Å². The summed E-state index contributed by atoms with van der Waals surface area (Å²) >= 11 is 0. The van der Waals surface area contributed by atoms with Crippen LogP contribution in [0.5, 0.6) is 0 Å². The van der Waals surface area contributed by atoms with Gasteiger partial charge in [0.15, 0.2) is 5.65 Å². The molecular formula is C18H21N5O. The third-order valence-corrected chi connectivity index (χ3v) is 4.82. The summed E-state index contributed by atoms with van der Waals surface area (Å²) in [6, 6.07) is 11.1. The molecule has 2 aromatic heterocycles. The largest absolute Gasteiger partial charge is 0.309 e. The number of rotatable bonds is 4. The highest BCUT2D eigenvalue weighted by molar-refractivity contribution is 5.72. The fourth-order valence-electron chi connectivity index (χ4n) is 3.57. The molecule has 0 amide bonds. The van der Waals surface area contributed by atoms with Crippen molar-refractivity contribution >= 4 is 11.0 Å². The van der Waals surface area contributed by atoms with Crippen LogP contribution in [0.25, 0.3) is 11.0 Å². The number of aromatic amines is 1. The predicted molar refractivity (Wildman–Crippen MR) is 92.7 cm³/mol. The van der Waals surface area contributed by atoms with Crippen molar-refractivity contribution in [2.24, 2.45) is 7.05 Å². The lowest BCUT2D eigenvalue weighted by atomic mass is 10.0. The summed E-state index contributed by atoms with van der Waals surface area (Å²) in [4.78, 5) is 22.1. The van der Waals surface area contributed by atoms with Crippen molar-refractivity contribution in [1.29, 1.82) is 0 Å². The Morgan fingerprint density at radius 3 is 2.96 bits per heavy atom. The van der Waals surface area contributed by atoms with Crippen molar-refractivity contribution in [2.45, 2.75) is 31.8 Å². The summed E-state index contributed by atoms with van der Waals surface area (Å²) in [5.74, 6) is 0.719. The molecule has 1 atom stereocenters. The highest BCUT2D eigenvalue weighted by Crippen LogP contribution is 2.22. The van der Waals surface area contributed by atoms with Crippen molar-refractivity contribution in [3.63, 3.8) is 0 Å². The number of nitrogens with zero attached hydrogens (tertiary/aromatic N) is 4. The third kappa shape index (κ3) is 2.85. The number of H-pyrrole nitrogens is 1. The minimum atomic E-state index is -0.109. The summed E-state index contributed by atoms with van der Waals surface area (Å²) in [6.45, 7) is 1.72. The molecule has 124 valence electrons. The van der Waals surface area contributed by atoms with Crippen LogP contribution < -0.4 is 5.56 Å². The van der Waals surface area contributed by atoms with Gasteiger partial charge in [0, 0.05) is 13.1 Å². The van der Waals surface area contributed by atoms with Crippen LogP contribution in [-0.4, -0.2) is 37.2 Å². The maximum absolute atomic E-state index is 12.2. The SMILES string of the molecule is Cn1ncc2c(=O)[nH]c(CN3CCC[C@H]3Cc3ccccc3)nc21. The molecule has 1 aromatic carbocycles.